The van der Waals surface area contributed by atoms with Gasteiger partial charge >= 0.3 is 0 Å². The Morgan fingerprint density at radius 1 is 2.00 bits per heavy atom. The maximum Gasteiger partial charge on any atom is 0.162 e. The molecule has 0 fully saturated rings. The van der Waals surface area contributed by atoms with Crippen molar-refractivity contribution in [2.75, 3.05) is 5.88 Å². The molecule has 1 unspecified atom stereocenters. The van der Waals surface area contributed by atoms with Gasteiger partial charge in [-0.25, -0.2) is 4.39 Å². The molecule has 1 atom stereocenters. The van der Waals surface area contributed by atoms with Crippen LogP contribution in [-0.4, -0.2) is 12.2 Å². The molecule has 2 N–H and O–H groups in total. The summed E-state index contributed by atoms with van der Waals surface area (Å²) in [4.78, 5) is 0. The van der Waals surface area contributed by atoms with Crippen LogP contribution in [0, 0.1) is 0 Å². The highest BCUT2D eigenvalue weighted by Crippen LogP contribution is 1.80. The summed E-state index contributed by atoms with van der Waals surface area (Å²) >= 11 is 4.84. The van der Waals surface area contributed by atoms with Gasteiger partial charge in [0.15, 0.2) is 6.30 Å². The Labute approximate surface area is 34.9 Å². The van der Waals surface area contributed by atoms with Gasteiger partial charge in [0.1, 0.15) is 0 Å². The lowest BCUT2D eigenvalue weighted by Gasteiger charge is -1.85. The molecule has 0 aliphatic carbocycles. The van der Waals surface area contributed by atoms with E-state index >= 15 is 0 Å². The van der Waals surface area contributed by atoms with Crippen molar-refractivity contribution in [3.63, 3.8) is 0 Å². The monoisotopic (exact) mass is 97.0 g/mol. The second kappa shape index (κ2) is 2.42. The average Bonchev–Trinajstić information content (AvgIpc) is 1.38. The summed E-state index contributed by atoms with van der Waals surface area (Å²) in [5, 5.41) is 0. The van der Waals surface area contributed by atoms with Crippen molar-refractivity contribution in [2.45, 2.75) is 6.30 Å². The summed E-state index contributed by atoms with van der Waals surface area (Å²) in [7, 11) is 0. The highest BCUT2D eigenvalue weighted by molar-refractivity contribution is 6.18. The molecule has 5 heavy (non-hydrogen) atoms. The molecule has 3 heteroatoms. The van der Waals surface area contributed by atoms with Crippen molar-refractivity contribution >= 4 is 11.6 Å². The highest BCUT2D eigenvalue weighted by atomic mass is 35.5. The van der Waals surface area contributed by atoms with Gasteiger partial charge < -0.3 is 5.73 Å². The molecule has 0 aromatic carbocycles. The summed E-state index contributed by atoms with van der Waals surface area (Å²) in [5.41, 5.74) is 4.49. The second-order valence-electron chi connectivity index (χ2n) is 0.670. The smallest absolute Gasteiger partial charge is 0.162 e. The number of alkyl halides is 2. The molecular weight excluding hydrogens is 92.5 g/mol. The van der Waals surface area contributed by atoms with E-state index in [0.717, 1.165) is 0 Å². The molecule has 0 rings (SSSR count). The Bertz CT molecular complexity index is 23.6. The van der Waals surface area contributed by atoms with Crippen LogP contribution in [0.5, 0.6) is 0 Å². The van der Waals surface area contributed by atoms with E-state index in [9.17, 15) is 4.39 Å². The van der Waals surface area contributed by atoms with E-state index in [-0.39, 0.29) is 5.88 Å². The summed E-state index contributed by atoms with van der Waals surface area (Å²) in [5.74, 6) is -0.111. The maximum absolute atomic E-state index is 11.1. The van der Waals surface area contributed by atoms with Gasteiger partial charge in [0.2, 0.25) is 0 Å². The number of hydrogen-bond donors (Lipinski definition) is 1. The zero-order chi connectivity index (χ0) is 4.28. The van der Waals surface area contributed by atoms with E-state index in [2.05, 4.69) is 5.73 Å². The minimum atomic E-state index is -1.35. The molecule has 0 saturated carbocycles. The van der Waals surface area contributed by atoms with Gasteiger partial charge in [-0.15, -0.1) is 11.6 Å². The fraction of sp³-hybridized carbons (Fsp3) is 1.00. The van der Waals surface area contributed by atoms with Crippen molar-refractivity contribution < 1.29 is 4.39 Å². The molecule has 0 aromatic heterocycles. The lowest BCUT2D eigenvalue weighted by Crippen LogP contribution is -2.13. The van der Waals surface area contributed by atoms with E-state index in [0.29, 0.717) is 0 Å². The molecule has 0 amide bonds. The maximum atomic E-state index is 11.1. The van der Waals surface area contributed by atoms with Crippen LogP contribution in [0.2, 0.25) is 0 Å². The molecule has 0 spiro atoms. The molecule has 0 aliphatic heterocycles. The molecule has 0 saturated heterocycles. The van der Waals surface area contributed by atoms with Gasteiger partial charge in [-0.05, 0) is 0 Å². The van der Waals surface area contributed by atoms with Gasteiger partial charge in [-0.3, -0.25) is 0 Å². The third-order valence-electron chi connectivity index (χ3n) is 0.147. The Balaban J connectivity index is 2.54. The van der Waals surface area contributed by atoms with Crippen LogP contribution in [0.15, 0.2) is 0 Å². The zero-order valence-corrected chi connectivity index (χ0v) is 3.37. The second-order valence-corrected chi connectivity index (χ2v) is 0.979. The van der Waals surface area contributed by atoms with E-state index in [4.69, 9.17) is 11.6 Å². The lowest BCUT2D eigenvalue weighted by molar-refractivity contribution is 0.378. The quantitative estimate of drug-likeness (QED) is 0.374. The predicted molar refractivity (Wildman–Crippen MR) is 19.8 cm³/mol. The third kappa shape index (κ3) is 4.18. The van der Waals surface area contributed by atoms with Gasteiger partial charge in [0, 0.05) is 0 Å². The van der Waals surface area contributed by atoms with Crippen molar-refractivity contribution in [3.05, 3.63) is 0 Å². The predicted octanol–water partition coefficient (Wildman–Crippen LogP) is 0.480. The van der Waals surface area contributed by atoms with Crippen LogP contribution in [0.3, 0.4) is 0 Å². The number of hydrogen-bond acceptors (Lipinski definition) is 1. The summed E-state index contributed by atoms with van der Waals surface area (Å²) in [6.07, 6.45) is -1.35. The van der Waals surface area contributed by atoms with Gasteiger partial charge in [0.25, 0.3) is 0 Å². The standard InChI is InChI=1S/C2H5ClFN/c3-1-2(4)5/h2H,1,5H2. The SMILES string of the molecule is NC(F)CCl. The molecule has 0 aromatic rings. The summed E-state index contributed by atoms with van der Waals surface area (Å²) in [6.45, 7) is 0. The van der Waals surface area contributed by atoms with Crippen molar-refractivity contribution in [2.24, 2.45) is 5.73 Å². The minimum Gasteiger partial charge on any atom is -0.301 e. The van der Waals surface area contributed by atoms with Gasteiger partial charge in [0.05, 0.1) is 5.88 Å². The van der Waals surface area contributed by atoms with E-state index in [1.54, 1.807) is 0 Å². The van der Waals surface area contributed by atoms with Crippen molar-refractivity contribution in [1.82, 2.24) is 0 Å². The van der Waals surface area contributed by atoms with E-state index < -0.39 is 6.30 Å². The molecule has 1 nitrogen and oxygen atoms in total. The lowest BCUT2D eigenvalue weighted by atomic mass is 10.8. The molecular formula is C2H5ClFN. The van der Waals surface area contributed by atoms with E-state index in [1.165, 1.54) is 0 Å². The van der Waals surface area contributed by atoms with Crippen molar-refractivity contribution in [1.29, 1.82) is 0 Å². The normalized spacial score (nSPS) is 15.0. The highest BCUT2D eigenvalue weighted by Gasteiger charge is 1.87. The first-order valence-electron chi connectivity index (χ1n) is 1.23. The van der Waals surface area contributed by atoms with Gasteiger partial charge in [-0.2, -0.15) is 0 Å². The Morgan fingerprint density at radius 2 is 2.20 bits per heavy atom. The molecule has 0 radical (unpaired) electrons. The largest absolute Gasteiger partial charge is 0.301 e. The van der Waals surface area contributed by atoms with Crippen LogP contribution in [0.1, 0.15) is 0 Å². The molecule has 32 valence electrons. The van der Waals surface area contributed by atoms with E-state index in [1.807, 2.05) is 0 Å². The molecule has 0 heterocycles. The third-order valence-corrected chi connectivity index (χ3v) is 0.442. The zero-order valence-electron chi connectivity index (χ0n) is 2.62. The van der Waals surface area contributed by atoms with Crippen LogP contribution >= 0.6 is 11.6 Å². The Hall–Kier alpha value is 0.180. The first-order valence-corrected chi connectivity index (χ1v) is 1.76. The first-order chi connectivity index (χ1) is 2.27. The van der Waals surface area contributed by atoms with Crippen LogP contribution < -0.4 is 5.73 Å². The van der Waals surface area contributed by atoms with Crippen LogP contribution in [0.4, 0.5) is 4.39 Å². The Morgan fingerprint density at radius 3 is 2.20 bits per heavy atom. The minimum absolute atomic E-state index is 0.111. The topological polar surface area (TPSA) is 26.0 Å². The van der Waals surface area contributed by atoms with Crippen LogP contribution in [-0.2, 0) is 0 Å². The Kier molecular flexibility index (Phi) is 2.51. The number of halogens is 2. The number of nitrogens with two attached hydrogens (primary N) is 1. The fourth-order valence-electron chi connectivity index (χ4n) is 0. The average molecular weight is 97.5 g/mol. The fourth-order valence-corrected chi connectivity index (χ4v) is 0. The first kappa shape index (κ1) is 5.18. The van der Waals surface area contributed by atoms with Gasteiger partial charge in [-0.1, -0.05) is 0 Å². The molecule has 0 bridgehead atoms. The summed E-state index contributed by atoms with van der Waals surface area (Å²) in [6, 6.07) is 0. The van der Waals surface area contributed by atoms with Crippen LogP contribution in [0.25, 0.3) is 0 Å². The number of rotatable bonds is 1. The van der Waals surface area contributed by atoms with Crippen molar-refractivity contribution in [3.8, 4) is 0 Å². The summed E-state index contributed by atoms with van der Waals surface area (Å²) < 4.78 is 11.1. The molecule has 0 aliphatic rings.